The number of nitrogens with zero attached hydrogens (tertiary/aromatic N) is 6. The van der Waals surface area contributed by atoms with Gasteiger partial charge in [0, 0.05) is 0 Å². The SMILES string of the molecule is Oc1cc(CCCc2ccc(-n3nc4ccccc4n3)c(O)c2)ccc1-n1nc2ccccc2n1. The maximum absolute atomic E-state index is 10.6. The molecule has 2 aromatic heterocycles. The van der Waals surface area contributed by atoms with Crippen molar-refractivity contribution in [3.8, 4) is 22.9 Å². The molecule has 4 aromatic carbocycles. The van der Waals surface area contributed by atoms with Gasteiger partial charge in [-0.3, -0.25) is 0 Å². The normalized spacial score (nSPS) is 11.4. The molecule has 0 aliphatic carbocycles. The number of fused-ring (bicyclic) bond motifs is 2. The van der Waals surface area contributed by atoms with E-state index in [0.29, 0.717) is 11.4 Å². The van der Waals surface area contributed by atoms with Crippen molar-refractivity contribution < 1.29 is 10.2 Å². The van der Waals surface area contributed by atoms with Gasteiger partial charge >= 0.3 is 0 Å². The van der Waals surface area contributed by atoms with Crippen molar-refractivity contribution in [1.29, 1.82) is 0 Å². The van der Waals surface area contributed by atoms with Crippen LogP contribution < -0.4 is 0 Å². The lowest BCUT2D eigenvalue weighted by atomic mass is 10.0. The largest absolute Gasteiger partial charge is 0.506 e. The molecule has 0 aliphatic heterocycles. The van der Waals surface area contributed by atoms with Gasteiger partial charge in [-0.15, -0.1) is 30.0 Å². The van der Waals surface area contributed by atoms with Crippen LogP contribution in [-0.4, -0.2) is 40.2 Å². The zero-order chi connectivity index (χ0) is 23.8. The van der Waals surface area contributed by atoms with E-state index in [1.54, 1.807) is 12.1 Å². The highest BCUT2D eigenvalue weighted by atomic mass is 16.3. The standard InChI is InChI=1S/C27H22N6O2/c34-26-16-18(12-14-24(26)32-28-20-8-1-2-9-21(20)29-32)6-5-7-19-13-15-25(27(35)17-19)33-30-22-10-3-4-11-23(22)31-33/h1-4,8-17,34-35H,5-7H2. The third-order valence-corrected chi connectivity index (χ3v) is 6.01. The third-order valence-electron chi connectivity index (χ3n) is 6.01. The molecule has 0 bridgehead atoms. The third kappa shape index (κ3) is 4.06. The lowest BCUT2D eigenvalue weighted by Gasteiger charge is -2.08. The predicted octanol–water partition coefficient (Wildman–Crippen LogP) is 4.74. The molecule has 8 heteroatoms. The van der Waals surface area contributed by atoms with Crippen molar-refractivity contribution in [3.05, 3.63) is 96.1 Å². The first-order valence-corrected chi connectivity index (χ1v) is 11.4. The summed E-state index contributed by atoms with van der Waals surface area (Å²) in [4.78, 5) is 2.93. The van der Waals surface area contributed by atoms with Crippen LogP contribution in [0, 0.1) is 0 Å². The van der Waals surface area contributed by atoms with Crippen LogP contribution >= 0.6 is 0 Å². The average Bonchev–Trinajstić information content (AvgIpc) is 3.48. The van der Waals surface area contributed by atoms with Gasteiger partial charge in [-0.2, -0.15) is 0 Å². The summed E-state index contributed by atoms with van der Waals surface area (Å²) < 4.78 is 0. The van der Waals surface area contributed by atoms with E-state index >= 15 is 0 Å². The molecule has 2 heterocycles. The second kappa shape index (κ2) is 8.57. The van der Waals surface area contributed by atoms with Gasteiger partial charge in [0.2, 0.25) is 0 Å². The van der Waals surface area contributed by atoms with E-state index < -0.39 is 0 Å². The van der Waals surface area contributed by atoms with Crippen LogP contribution in [0.3, 0.4) is 0 Å². The number of phenolic OH excluding ortho intramolecular Hbond substituents is 2. The number of hydrogen-bond acceptors (Lipinski definition) is 6. The smallest absolute Gasteiger partial charge is 0.143 e. The van der Waals surface area contributed by atoms with Gasteiger partial charge in [0.05, 0.1) is 0 Å². The molecule has 35 heavy (non-hydrogen) atoms. The van der Waals surface area contributed by atoms with Crippen molar-refractivity contribution in [3.63, 3.8) is 0 Å². The summed E-state index contributed by atoms with van der Waals surface area (Å²) in [5, 5.41) is 38.9. The fraction of sp³-hybridized carbons (Fsp3) is 0.111. The Morgan fingerprint density at radius 3 is 1.23 bits per heavy atom. The van der Waals surface area contributed by atoms with Crippen molar-refractivity contribution in [1.82, 2.24) is 30.0 Å². The molecular weight excluding hydrogens is 440 g/mol. The number of benzene rings is 4. The molecule has 0 radical (unpaired) electrons. The fourth-order valence-corrected chi connectivity index (χ4v) is 4.22. The molecular formula is C27H22N6O2. The van der Waals surface area contributed by atoms with Gasteiger partial charge < -0.3 is 10.2 Å². The number of aromatic nitrogens is 6. The summed E-state index contributed by atoms with van der Waals surface area (Å²) in [6, 6.07) is 26.4. The molecule has 6 aromatic rings. The van der Waals surface area contributed by atoms with Crippen molar-refractivity contribution in [2.75, 3.05) is 0 Å². The van der Waals surface area contributed by atoms with Gasteiger partial charge in [0.25, 0.3) is 0 Å². The maximum atomic E-state index is 10.6. The average molecular weight is 463 g/mol. The van der Waals surface area contributed by atoms with E-state index in [4.69, 9.17) is 0 Å². The first-order chi connectivity index (χ1) is 17.1. The first kappa shape index (κ1) is 20.9. The van der Waals surface area contributed by atoms with Gasteiger partial charge in [-0.05, 0) is 78.9 Å². The molecule has 0 fully saturated rings. The highest BCUT2D eigenvalue weighted by Gasteiger charge is 2.11. The summed E-state index contributed by atoms with van der Waals surface area (Å²) in [6.07, 6.45) is 2.44. The minimum atomic E-state index is 0.143. The fourth-order valence-electron chi connectivity index (χ4n) is 4.22. The van der Waals surface area contributed by atoms with Crippen molar-refractivity contribution >= 4 is 22.1 Å². The Morgan fingerprint density at radius 2 is 0.886 bits per heavy atom. The zero-order valence-electron chi connectivity index (χ0n) is 18.8. The molecule has 0 saturated carbocycles. The van der Waals surface area contributed by atoms with E-state index in [-0.39, 0.29) is 11.5 Å². The van der Waals surface area contributed by atoms with E-state index in [0.717, 1.165) is 52.5 Å². The monoisotopic (exact) mass is 462 g/mol. The zero-order valence-corrected chi connectivity index (χ0v) is 18.8. The summed E-state index contributed by atoms with van der Waals surface area (Å²) >= 11 is 0. The molecule has 8 nitrogen and oxygen atoms in total. The van der Waals surface area contributed by atoms with Crippen molar-refractivity contribution in [2.45, 2.75) is 19.3 Å². The summed E-state index contributed by atoms with van der Waals surface area (Å²) in [7, 11) is 0. The van der Waals surface area contributed by atoms with Crippen LogP contribution in [0.15, 0.2) is 84.9 Å². The maximum Gasteiger partial charge on any atom is 0.143 e. The molecule has 0 amide bonds. The quantitative estimate of drug-likeness (QED) is 0.371. The predicted molar refractivity (Wildman–Crippen MR) is 133 cm³/mol. The molecule has 172 valence electrons. The molecule has 0 aliphatic rings. The number of phenols is 2. The molecule has 6 rings (SSSR count). The minimum Gasteiger partial charge on any atom is -0.506 e. The second-order valence-corrected chi connectivity index (χ2v) is 8.46. The molecule has 0 spiro atoms. The van der Waals surface area contributed by atoms with Crippen LogP contribution in [0.5, 0.6) is 11.5 Å². The Hall–Kier alpha value is -4.72. The lowest BCUT2D eigenvalue weighted by Crippen LogP contribution is -2.00. The molecule has 2 N–H and O–H groups in total. The molecule has 0 atom stereocenters. The first-order valence-electron chi connectivity index (χ1n) is 11.4. The molecule has 0 saturated heterocycles. The topological polar surface area (TPSA) is 102 Å². The van der Waals surface area contributed by atoms with Crippen LogP contribution in [-0.2, 0) is 12.8 Å². The van der Waals surface area contributed by atoms with Crippen LogP contribution in [0.2, 0.25) is 0 Å². The van der Waals surface area contributed by atoms with E-state index in [2.05, 4.69) is 20.4 Å². The number of aryl methyl sites for hydroxylation is 2. The van der Waals surface area contributed by atoms with Gasteiger partial charge in [0.15, 0.2) is 0 Å². The Bertz CT molecular complexity index is 1480. The number of hydrogen-bond donors (Lipinski definition) is 2. The highest BCUT2D eigenvalue weighted by Crippen LogP contribution is 2.26. The minimum absolute atomic E-state index is 0.143. The van der Waals surface area contributed by atoms with Gasteiger partial charge in [0.1, 0.15) is 44.9 Å². The Labute approximate surface area is 200 Å². The Morgan fingerprint density at radius 1 is 0.514 bits per heavy atom. The van der Waals surface area contributed by atoms with E-state index in [1.165, 1.54) is 9.59 Å². The van der Waals surface area contributed by atoms with E-state index in [9.17, 15) is 10.2 Å². The molecule has 0 unspecified atom stereocenters. The highest BCUT2D eigenvalue weighted by molar-refractivity contribution is 5.74. The Balaban J connectivity index is 1.12. The summed E-state index contributed by atoms with van der Waals surface area (Å²) in [5.74, 6) is 0.285. The summed E-state index contributed by atoms with van der Waals surface area (Å²) in [6.45, 7) is 0. The number of aromatic hydroxyl groups is 2. The van der Waals surface area contributed by atoms with E-state index in [1.807, 2.05) is 72.8 Å². The lowest BCUT2D eigenvalue weighted by molar-refractivity contribution is 0.467. The summed E-state index contributed by atoms with van der Waals surface area (Å²) in [5.41, 5.74) is 6.26. The van der Waals surface area contributed by atoms with Crippen LogP contribution in [0.1, 0.15) is 17.5 Å². The van der Waals surface area contributed by atoms with Crippen LogP contribution in [0.25, 0.3) is 33.4 Å². The van der Waals surface area contributed by atoms with Gasteiger partial charge in [-0.1, -0.05) is 36.4 Å². The Kier molecular flexibility index (Phi) is 5.11. The van der Waals surface area contributed by atoms with Crippen molar-refractivity contribution in [2.24, 2.45) is 0 Å². The van der Waals surface area contributed by atoms with Gasteiger partial charge in [-0.25, -0.2) is 0 Å². The second-order valence-electron chi connectivity index (χ2n) is 8.46. The van der Waals surface area contributed by atoms with Crippen LogP contribution in [0.4, 0.5) is 0 Å². The number of rotatable bonds is 6.